The smallest absolute Gasteiger partial charge is 0.303 e. The van der Waals surface area contributed by atoms with Crippen LogP contribution in [0.3, 0.4) is 0 Å². The molecule has 9 unspecified atom stereocenters. The minimum absolute atomic E-state index is 0.0606. The molecule has 0 heterocycles. The van der Waals surface area contributed by atoms with E-state index in [4.69, 9.17) is 4.74 Å². The van der Waals surface area contributed by atoms with E-state index in [1.807, 2.05) is 33.8 Å². The van der Waals surface area contributed by atoms with Gasteiger partial charge in [0.1, 0.15) is 11.7 Å². The minimum atomic E-state index is -1.39. The molecule has 0 rings (SSSR count). The molecule has 0 fully saturated rings. The third-order valence-electron chi connectivity index (χ3n) is 7.03. The van der Waals surface area contributed by atoms with Crippen molar-refractivity contribution in [3.63, 3.8) is 0 Å². The Morgan fingerprint density at radius 3 is 2.11 bits per heavy atom. The number of aliphatic hydroxyl groups excluding tert-OH is 3. The summed E-state index contributed by atoms with van der Waals surface area (Å²) >= 11 is 3.52. The molecular formula is C30H51BrO7. The zero-order valence-electron chi connectivity index (χ0n) is 24.4. The summed E-state index contributed by atoms with van der Waals surface area (Å²) in [5.74, 6) is -1.17. The van der Waals surface area contributed by atoms with Gasteiger partial charge in [0.15, 0.2) is 5.78 Å². The number of hydrogen-bond donors (Lipinski definition) is 4. The van der Waals surface area contributed by atoms with E-state index in [1.54, 1.807) is 45.1 Å². The predicted octanol–water partition coefficient (Wildman–Crippen LogP) is 5.04. The van der Waals surface area contributed by atoms with Crippen LogP contribution in [-0.4, -0.2) is 67.0 Å². The first-order valence-corrected chi connectivity index (χ1v) is 14.6. The van der Waals surface area contributed by atoms with E-state index in [0.717, 1.165) is 0 Å². The molecule has 0 saturated heterocycles. The highest BCUT2D eigenvalue weighted by atomic mass is 79.9. The normalized spacial score (nSPS) is 20.8. The number of carbonyl (C=O) groups excluding carboxylic acids is 2. The lowest BCUT2D eigenvalue weighted by Gasteiger charge is -2.31. The molecule has 0 radical (unpaired) electrons. The van der Waals surface area contributed by atoms with Crippen molar-refractivity contribution < 1.29 is 34.8 Å². The highest BCUT2D eigenvalue weighted by Gasteiger charge is 2.33. The number of ether oxygens (including phenoxy) is 1. The van der Waals surface area contributed by atoms with Gasteiger partial charge in [-0.2, -0.15) is 0 Å². The topological polar surface area (TPSA) is 124 Å². The van der Waals surface area contributed by atoms with Gasteiger partial charge in [-0.25, -0.2) is 0 Å². The highest BCUT2D eigenvalue weighted by Crippen LogP contribution is 2.26. The van der Waals surface area contributed by atoms with E-state index in [1.165, 1.54) is 6.92 Å². The molecular weight excluding hydrogens is 552 g/mol. The molecule has 0 aliphatic heterocycles. The van der Waals surface area contributed by atoms with Gasteiger partial charge in [-0.1, -0.05) is 74.9 Å². The summed E-state index contributed by atoms with van der Waals surface area (Å²) in [6, 6.07) is 0. The van der Waals surface area contributed by atoms with Crippen LogP contribution in [0.5, 0.6) is 0 Å². The maximum Gasteiger partial charge on any atom is 0.303 e. The number of allylic oxidation sites excluding steroid dienone is 5. The number of ketones is 1. The highest BCUT2D eigenvalue weighted by molar-refractivity contribution is 9.09. The number of Topliss-reactive ketones (excluding diaryl/α,β-unsaturated/α-hetero) is 1. The lowest BCUT2D eigenvalue weighted by molar-refractivity contribution is -0.156. The number of aliphatic hydroxyl groups is 4. The van der Waals surface area contributed by atoms with Crippen molar-refractivity contribution in [3.05, 3.63) is 36.0 Å². The number of halogens is 1. The number of alkyl halides is 1. The summed E-state index contributed by atoms with van der Waals surface area (Å²) < 4.78 is 5.31. The van der Waals surface area contributed by atoms with Crippen molar-refractivity contribution in [2.75, 3.05) is 0 Å². The Morgan fingerprint density at radius 2 is 1.58 bits per heavy atom. The zero-order valence-corrected chi connectivity index (χ0v) is 26.0. The number of carbonyl (C=O) groups is 2. The summed E-state index contributed by atoms with van der Waals surface area (Å²) in [5.41, 5.74) is -0.846. The van der Waals surface area contributed by atoms with Crippen molar-refractivity contribution in [2.45, 2.75) is 122 Å². The van der Waals surface area contributed by atoms with Gasteiger partial charge in [0.05, 0.1) is 18.3 Å². The third-order valence-corrected chi connectivity index (χ3v) is 8.48. The first-order valence-electron chi connectivity index (χ1n) is 13.7. The largest absolute Gasteiger partial charge is 0.455 e. The molecule has 0 aliphatic carbocycles. The molecule has 9 atom stereocenters. The van der Waals surface area contributed by atoms with Crippen molar-refractivity contribution in [3.8, 4) is 0 Å². The zero-order chi connectivity index (χ0) is 29.6. The van der Waals surface area contributed by atoms with Crippen molar-refractivity contribution in [1.29, 1.82) is 0 Å². The Labute approximate surface area is 238 Å². The van der Waals surface area contributed by atoms with Crippen LogP contribution in [-0.2, 0) is 14.3 Å². The first kappa shape index (κ1) is 36.7. The summed E-state index contributed by atoms with van der Waals surface area (Å²) in [6.07, 6.45) is 8.36. The SMILES string of the molecule is CCC(O)CCC(C)(O)C(/C=C/C(C)C(=O)/C(C)=C/C=C/C(C)CC(O)C(Br)C(C)C(O)CC)OC(C)=O. The first-order chi connectivity index (χ1) is 17.6. The quantitative estimate of drug-likeness (QED) is 0.0569. The fourth-order valence-electron chi connectivity index (χ4n) is 4.07. The number of hydrogen-bond acceptors (Lipinski definition) is 7. The Bertz CT molecular complexity index is 804. The van der Waals surface area contributed by atoms with Crippen LogP contribution in [0.2, 0.25) is 0 Å². The second-order valence-electron chi connectivity index (χ2n) is 10.8. The molecule has 220 valence electrons. The van der Waals surface area contributed by atoms with Crippen LogP contribution in [0.25, 0.3) is 0 Å². The molecule has 7 nitrogen and oxygen atoms in total. The summed E-state index contributed by atoms with van der Waals surface area (Å²) in [4.78, 5) is 24.3. The van der Waals surface area contributed by atoms with E-state index in [9.17, 15) is 30.0 Å². The van der Waals surface area contributed by atoms with Crippen molar-refractivity contribution >= 4 is 27.7 Å². The third kappa shape index (κ3) is 13.7. The maximum absolute atomic E-state index is 12.9. The van der Waals surface area contributed by atoms with Gasteiger partial charge in [0.25, 0.3) is 0 Å². The standard InChI is InChI=1S/C30H51BrO7/c1-9-24(33)16-17-30(8,37)27(38-23(7)32)15-14-21(5)29(36)20(4)13-11-12-19(3)18-26(35)28(31)22(6)25(34)10-2/h11-15,19,21-22,24-28,33-35,37H,9-10,16-18H2,1-8H3/b12-11+,15-14+,20-13+. The molecule has 0 aromatic carbocycles. The van der Waals surface area contributed by atoms with E-state index in [-0.39, 0.29) is 28.9 Å². The molecule has 4 N–H and O–H groups in total. The molecule has 0 aliphatic rings. The van der Waals surface area contributed by atoms with Crippen LogP contribution in [0.15, 0.2) is 36.0 Å². The molecule has 0 saturated carbocycles. The Kier molecular flexibility index (Phi) is 17.5. The fraction of sp³-hybridized carbons (Fsp3) is 0.733. The number of rotatable bonds is 18. The summed E-state index contributed by atoms with van der Waals surface area (Å²) in [6.45, 7) is 13.9. The monoisotopic (exact) mass is 602 g/mol. The molecule has 0 amide bonds. The molecule has 0 aromatic rings. The summed E-state index contributed by atoms with van der Waals surface area (Å²) in [7, 11) is 0. The molecule has 0 bridgehead atoms. The predicted molar refractivity (Wildman–Crippen MR) is 156 cm³/mol. The van der Waals surface area contributed by atoms with E-state index in [2.05, 4.69) is 15.9 Å². The maximum atomic E-state index is 12.9. The average Bonchev–Trinajstić information content (AvgIpc) is 2.86. The van der Waals surface area contributed by atoms with Gasteiger partial charge in [-0.3, -0.25) is 9.59 Å². The van der Waals surface area contributed by atoms with Crippen LogP contribution < -0.4 is 0 Å². The van der Waals surface area contributed by atoms with Gasteiger partial charge in [-0.15, -0.1) is 0 Å². The molecule has 38 heavy (non-hydrogen) atoms. The van der Waals surface area contributed by atoms with Crippen LogP contribution in [0.1, 0.15) is 87.5 Å². The summed E-state index contributed by atoms with van der Waals surface area (Å²) in [5, 5.41) is 41.3. The fourth-order valence-corrected chi connectivity index (χ4v) is 4.64. The Hall–Kier alpha value is -1.32. The number of esters is 1. The van der Waals surface area contributed by atoms with E-state index in [0.29, 0.717) is 31.3 Å². The average molecular weight is 604 g/mol. The second kappa shape index (κ2) is 18.1. The van der Waals surface area contributed by atoms with Gasteiger partial charge >= 0.3 is 5.97 Å². The van der Waals surface area contributed by atoms with E-state index < -0.39 is 41.9 Å². The van der Waals surface area contributed by atoms with Crippen LogP contribution >= 0.6 is 15.9 Å². The van der Waals surface area contributed by atoms with E-state index >= 15 is 0 Å². The van der Waals surface area contributed by atoms with Crippen LogP contribution in [0.4, 0.5) is 0 Å². The van der Waals surface area contributed by atoms with Gasteiger partial charge in [0, 0.05) is 17.7 Å². The van der Waals surface area contributed by atoms with Crippen molar-refractivity contribution in [2.24, 2.45) is 17.8 Å². The van der Waals surface area contributed by atoms with Gasteiger partial charge in [0.2, 0.25) is 0 Å². The molecule has 0 aromatic heterocycles. The Balaban J connectivity index is 5.20. The van der Waals surface area contributed by atoms with Crippen LogP contribution in [0, 0.1) is 17.8 Å². The van der Waals surface area contributed by atoms with Crippen molar-refractivity contribution in [1.82, 2.24) is 0 Å². The Morgan fingerprint density at radius 1 is 0.974 bits per heavy atom. The lowest BCUT2D eigenvalue weighted by Crippen LogP contribution is -2.41. The minimum Gasteiger partial charge on any atom is -0.455 e. The molecule has 0 spiro atoms. The van der Waals surface area contributed by atoms with Gasteiger partial charge < -0.3 is 25.2 Å². The van der Waals surface area contributed by atoms with Gasteiger partial charge in [-0.05, 0) is 69.4 Å². The second-order valence-corrected chi connectivity index (χ2v) is 11.9. The lowest BCUT2D eigenvalue weighted by atomic mass is 9.89. The molecule has 8 heteroatoms.